The van der Waals surface area contributed by atoms with Crippen LogP contribution < -0.4 is 0 Å². The molecular weight excluding hydrogens is 400 g/mol. The average Bonchev–Trinajstić information content (AvgIpc) is 3.39. The number of thioether (sulfide) groups is 1. The summed E-state index contributed by atoms with van der Waals surface area (Å²) in [4.78, 5) is 13.5. The summed E-state index contributed by atoms with van der Waals surface area (Å²) in [6.45, 7) is 3.53. The fourth-order valence-corrected chi connectivity index (χ4v) is 8.63. The Morgan fingerprint density at radius 1 is 1.06 bits per heavy atom. The van der Waals surface area contributed by atoms with Crippen molar-refractivity contribution in [1.82, 2.24) is 0 Å². The number of rotatable bonds is 2. The molecule has 2 saturated carbocycles. The van der Waals surface area contributed by atoms with Crippen LogP contribution >= 0.6 is 11.8 Å². The standard InChI is InChI=1S/C28H34O2S/c1-27-17-24(18-4-8-21(31-2)9-5-18)26-22-11-7-20(29)16-19(22)6-10-23(26)25(27)12-14-28(27)13-3-15-30-28/h4-5,8-9,16,23-25H,3,6-7,10-15,17H2,1-2H3/t23?,24-,25?,27+,28+/m1/s1. The molecule has 1 heterocycles. The van der Waals surface area contributed by atoms with Gasteiger partial charge in [-0.3, -0.25) is 4.79 Å². The Bertz CT molecular complexity index is 965. The summed E-state index contributed by atoms with van der Waals surface area (Å²) in [7, 11) is 0. The van der Waals surface area contributed by atoms with Gasteiger partial charge in [-0.15, -0.1) is 11.8 Å². The molecule has 1 aromatic carbocycles. The highest BCUT2D eigenvalue weighted by Gasteiger charge is 2.64. The molecule has 0 radical (unpaired) electrons. The van der Waals surface area contributed by atoms with Crippen LogP contribution in [0, 0.1) is 17.3 Å². The first-order valence-electron chi connectivity index (χ1n) is 12.3. The van der Waals surface area contributed by atoms with Crippen molar-refractivity contribution >= 4 is 17.5 Å². The van der Waals surface area contributed by atoms with Crippen molar-refractivity contribution in [2.45, 2.75) is 81.1 Å². The van der Waals surface area contributed by atoms with E-state index in [0.717, 1.165) is 25.4 Å². The number of ether oxygens (including phenoxy) is 1. The number of hydrogen-bond acceptors (Lipinski definition) is 3. The molecule has 4 aliphatic carbocycles. The topological polar surface area (TPSA) is 26.3 Å². The lowest BCUT2D eigenvalue weighted by Gasteiger charge is -2.55. The molecule has 6 rings (SSSR count). The monoisotopic (exact) mass is 434 g/mol. The van der Waals surface area contributed by atoms with E-state index in [0.29, 0.717) is 24.0 Å². The van der Waals surface area contributed by atoms with Gasteiger partial charge < -0.3 is 4.74 Å². The maximum absolute atomic E-state index is 12.2. The Kier molecular flexibility index (Phi) is 4.81. The second-order valence-electron chi connectivity index (χ2n) is 10.8. The van der Waals surface area contributed by atoms with Gasteiger partial charge in [0.2, 0.25) is 0 Å². The summed E-state index contributed by atoms with van der Waals surface area (Å²) in [5, 5.41) is 0. The minimum absolute atomic E-state index is 0.101. The quantitative estimate of drug-likeness (QED) is 0.476. The first kappa shape index (κ1) is 20.3. The zero-order valence-electron chi connectivity index (χ0n) is 18.9. The van der Waals surface area contributed by atoms with Gasteiger partial charge in [0.25, 0.3) is 0 Å². The maximum atomic E-state index is 12.2. The normalized spacial score (nSPS) is 39.4. The Morgan fingerprint density at radius 2 is 1.90 bits per heavy atom. The van der Waals surface area contributed by atoms with Crippen molar-refractivity contribution in [1.29, 1.82) is 0 Å². The molecule has 3 fully saturated rings. The van der Waals surface area contributed by atoms with E-state index >= 15 is 0 Å². The Hall–Kier alpha value is -1.32. The van der Waals surface area contributed by atoms with Crippen molar-refractivity contribution in [2.24, 2.45) is 17.3 Å². The molecule has 5 aliphatic rings. The molecule has 3 heteroatoms. The van der Waals surface area contributed by atoms with Crippen LogP contribution in [0.4, 0.5) is 0 Å². The van der Waals surface area contributed by atoms with Crippen molar-refractivity contribution in [3.05, 3.63) is 52.6 Å². The van der Waals surface area contributed by atoms with Crippen molar-refractivity contribution in [2.75, 3.05) is 12.9 Å². The van der Waals surface area contributed by atoms with Crippen LogP contribution in [0.2, 0.25) is 0 Å². The maximum Gasteiger partial charge on any atom is 0.156 e. The molecule has 164 valence electrons. The van der Waals surface area contributed by atoms with Crippen LogP contribution in [0.15, 0.2) is 52.0 Å². The Labute approximate surface area is 190 Å². The predicted molar refractivity (Wildman–Crippen MR) is 126 cm³/mol. The lowest BCUT2D eigenvalue weighted by molar-refractivity contribution is -0.114. The number of carbonyl (C=O) groups excluding carboxylic acids is 1. The Balaban J connectivity index is 1.51. The van der Waals surface area contributed by atoms with E-state index < -0.39 is 0 Å². The van der Waals surface area contributed by atoms with Crippen molar-refractivity contribution < 1.29 is 9.53 Å². The molecule has 0 amide bonds. The highest BCUT2D eigenvalue weighted by molar-refractivity contribution is 7.98. The van der Waals surface area contributed by atoms with Gasteiger partial charge in [0, 0.05) is 29.3 Å². The highest BCUT2D eigenvalue weighted by Crippen LogP contribution is 2.69. The first-order valence-corrected chi connectivity index (χ1v) is 13.5. The molecule has 0 aromatic heterocycles. The minimum atomic E-state index is 0.101. The van der Waals surface area contributed by atoms with E-state index in [9.17, 15) is 4.79 Å². The summed E-state index contributed by atoms with van der Waals surface area (Å²) in [5.41, 5.74) is 6.46. The smallest absolute Gasteiger partial charge is 0.156 e. The number of fused-ring (bicyclic) bond motifs is 5. The van der Waals surface area contributed by atoms with Gasteiger partial charge in [0.05, 0.1) is 5.60 Å². The van der Waals surface area contributed by atoms with Gasteiger partial charge in [-0.1, -0.05) is 24.6 Å². The number of benzene rings is 1. The zero-order chi connectivity index (χ0) is 21.2. The molecule has 2 unspecified atom stereocenters. The second-order valence-corrected chi connectivity index (χ2v) is 11.6. The van der Waals surface area contributed by atoms with Gasteiger partial charge in [0.1, 0.15) is 0 Å². The molecule has 1 saturated heterocycles. The molecule has 0 bridgehead atoms. The average molecular weight is 435 g/mol. The largest absolute Gasteiger partial charge is 0.374 e. The molecule has 1 spiro atoms. The molecular formula is C28H34O2S. The van der Waals surface area contributed by atoms with Crippen molar-refractivity contribution in [3.63, 3.8) is 0 Å². The lowest BCUT2D eigenvalue weighted by Crippen LogP contribution is -2.51. The summed E-state index contributed by atoms with van der Waals surface area (Å²) >= 11 is 1.82. The number of carbonyl (C=O) groups is 1. The Morgan fingerprint density at radius 3 is 2.65 bits per heavy atom. The van der Waals surface area contributed by atoms with Crippen LogP contribution in [0.1, 0.15) is 76.2 Å². The van der Waals surface area contributed by atoms with Crippen LogP contribution in [0.3, 0.4) is 0 Å². The third-order valence-corrected chi connectivity index (χ3v) is 10.4. The summed E-state index contributed by atoms with van der Waals surface area (Å²) < 4.78 is 6.62. The second kappa shape index (κ2) is 7.35. The van der Waals surface area contributed by atoms with Gasteiger partial charge in [-0.25, -0.2) is 0 Å². The van der Waals surface area contributed by atoms with Crippen molar-refractivity contribution in [3.8, 4) is 0 Å². The number of hydrogen-bond donors (Lipinski definition) is 0. The van der Waals surface area contributed by atoms with E-state index in [2.05, 4.69) is 37.4 Å². The van der Waals surface area contributed by atoms with Gasteiger partial charge in [-0.05, 0) is 104 Å². The van der Waals surface area contributed by atoms with E-state index in [4.69, 9.17) is 4.74 Å². The van der Waals surface area contributed by atoms with Crippen LogP contribution in [0.25, 0.3) is 0 Å². The summed E-state index contributed by atoms with van der Waals surface area (Å²) in [6, 6.07) is 9.37. The van der Waals surface area contributed by atoms with Crippen LogP contribution in [-0.4, -0.2) is 24.2 Å². The third kappa shape index (κ3) is 2.92. The molecule has 1 aliphatic heterocycles. The molecule has 2 nitrogen and oxygen atoms in total. The van der Waals surface area contributed by atoms with Gasteiger partial charge >= 0.3 is 0 Å². The molecule has 5 atom stereocenters. The first-order chi connectivity index (χ1) is 15.0. The minimum Gasteiger partial charge on any atom is -0.374 e. The zero-order valence-corrected chi connectivity index (χ0v) is 19.7. The lowest BCUT2D eigenvalue weighted by atomic mass is 9.51. The molecule has 1 aromatic rings. The number of ketones is 1. The fourth-order valence-electron chi connectivity index (χ4n) is 8.22. The van der Waals surface area contributed by atoms with Gasteiger partial charge in [-0.2, -0.15) is 0 Å². The summed E-state index contributed by atoms with van der Waals surface area (Å²) in [6.07, 6.45) is 14.3. The van der Waals surface area contributed by atoms with E-state index in [1.807, 2.05) is 17.8 Å². The van der Waals surface area contributed by atoms with E-state index in [1.54, 1.807) is 11.1 Å². The molecule has 0 N–H and O–H groups in total. The van der Waals surface area contributed by atoms with E-state index in [1.165, 1.54) is 54.6 Å². The fraction of sp³-hybridized carbons (Fsp3) is 0.607. The number of allylic oxidation sites excluding steroid dienone is 4. The highest BCUT2D eigenvalue weighted by atomic mass is 32.2. The summed E-state index contributed by atoms with van der Waals surface area (Å²) in [5.74, 6) is 2.19. The van der Waals surface area contributed by atoms with Gasteiger partial charge in [0.15, 0.2) is 5.78 Å². The van der Waals surface area contributed by atoms with Crippen LogP contribution in [-0.2, 0) is 9.53 Å². The SMILES string of the molecule is CSc1ccc([C@H]2C[C@@]3(C)C(CC[C@@]34CCCO4)C3CCC4=CC(=O)CCC4=C32)cc1. The predicted octanol–water partition coefficient (Wildman–Crippen LogP) is 6.86. The van der Waals surface area contributed by atoms with E-state index in [-0.39, 0.29) is 11.0 Å². The third-order valence-electron chi connectivity index (χ3n) is 9.65. The molecule has 31 heavy (non-hydrogen) atoms. The van der Waals surface area contributed by atoms with Crippen LogP contribution in [0.5, 0.6) is 0 Å².